The molecule has 0 atom stereocenters. The molecule has 0 saturated carbocycles. The Hall–Kier alpha value is -7.94. The van der Waals surface area contributed by atoms with Gasteiger partial charge in [0.2, 0.25) is 0 Å². The van der Waals surface area contributed by atoms with Crippen LogP contribution in [-0.2, 0) is 0 Å². The monoisotopic (exact) mass is 769 g/mol. The first-order valence-corrected chi connectivity index (χ1v) is 20.0. The SMILES string of the molecule is [2H]c1c([2H])c([2H])c2c(-c3cccc4ccccc34)c3c([2H])c([2H])c([2H])c([2H])c3c(-c3cc(-c4cccc5oc6ccc(-n7c8ccccc8c8ccccc87)cc6c45)c4ccccc4c3)c2c1[2H]. The number of furan rings is 1. The third-order valence-corrected chi connectivity index (χ3v) is 12.2. The number of para-hydroxylation sites is 2. The molecule has 13 rings (SSSR count). The van der Waals surface area contributed by atoms with Gasteiger partial charge in [-0.15, -0.1) is 0 Å². The zero-order valence-electron chi connectivity index (χ0n) is 39.9. The van der Waals surface area contributed by atoms with E-state index in [1.54, 1.807) is 0 Å². The number of hydrogen-bond acceptors (Lipinski definition) is 1. The Morgan fingerprint density at radius 1 is 0.367 bits per heavy atom. The third-order valence-electron chi connectivity index (χ3n) is 12.2. The van der Waals surface area contributed by atoms with Crippen LogP contribution in [0.25, 0.3) is 126 Å². The molecule has 0 radical (unpaired) electrons. The molecular weight excluding hydrogens is 727 g/mol. The van der Waals surface area contributed by atoms with E-state index in [1.807, 2.05) is 91.0 Å². The van der Waals surface area contributed by atoms with Crippen molar-refractivity contribution in [3.05, 3.63) is 212 Å². The molecule has 0 amide bonds. The van der Waals surface area contributed by atoms with Gasteiger partial charge in [0.15, 0.2) is 0 Å². The van der Waals surface area contributed by atoms with Crippen LogP contribution in [0.15, 0.2) is 217 Å². The number of fused-ring (bicyclic) bond motifs is 10. The van der Waals surface area contributed by atoms with Gasteiger partial charge in [-0.3, -0.25) is 0 Å². The zero-order chi connectivity index (χ0) is 46.3. The standard InChI is InChI=1S/C58H35NO/c1-3-18-40-36(15-1)17-13-26-44(40)57-47-24-7-5-22-45(47)56(46-23-6-8-25-48(46)57)38-33-37-16-2-4-19-41(37)50(34-38)49-27-14-30-55-58(49)51-35-39(31-32-54(51)60-55)59-52-28-11-9-20-42(52)43-21-10-12-29-53(43)59/h1-35H/i5D,6D,7D,8D,22D,23D,24D,25D. The summed E-state index contributed by atoms with van der Waals surface area (Å²) in [7, 11) is 0. The van der Waals surface area contributed by atoms with Crippen LogP contribution >= 0.6 is 0 Å². The maximum Gasteiger partial charge on any atom is 0.136 e. The van der Waals surface area contributed by atoms with E-state index >= 15 is 0 Å². The maximum atomic E-state index is 9.67. The predicted octanol–water partition coefficient (Wildman–Crippen LogP) is 16.3. The van der Waals surface area contributed by atoms with Crippen molar-refractivity contribution in [2.45, 2.75) is 0 Å². The lowest BCUT2D eigenvalue weighted by Gasteiger charge is -2.20. The second-order valence-electron chi connectivity index (χ2n) is 15.4. The average Bonchev–Trinajstić information content (AvgIpc) is 3.92. The Morgan fingerprint density at radius 2 is 0.917 bits per heavy atom. The lowest BCUT2D eigenvalue weighted by Crippen LogP contribution is -1.93. The summed E-state index contributed by atoms with van der Waals surface area (Å²) < 4.78 is 83.6. The van der Waals surface area contributed by atoms with Crippen LogP contribution in [0.4, 0.5) is 0 Å². The summed E-state index contributed by atoms with van der Waals surface area (Å²) >= 11 is 0. The Kier molecular flexibility index (Phi) is 5.57. The Morgan fingerprint density at radius 3 is 1.62 bits per heavy atom. The van der Waals surface area contributed by atoms with Gasteiger partial charge in [0.1, 0.15) is 11.2 Å². The first-order chi connectivity index (χ1) is 33.1. The average molecular weight is 770 g/mol. The summed E-state index contributed by atoms with van der Waals surface area (Å²) in [6, 6.07) is 51.4. The van der Waals surface area contributed by atoms with Crippen molar-refractivity contribution in [3.63, 3.8) is 0 Å². The maximum absolute atomic E-state index is 9.67. The molecule has 2 aromatic heterocycles. The summed E-state index contributed by atoms with van der Waals surface area (Å²) in [6.45, 7) is 0. The molecule has 2 heteroatoms. The van der Waals surface area contributed by atoms with Crippen LogP contribution in [0, 0.1) is 0 Å². The van der Waals surface area contributed by atoms with E-state index in [4.69, 9.17) is 9.90 Å². The van der Waals surface area contributed by atoms with Crippen molar-refractivity contribution < 1.29 is 15.4 Å². The van der Waals surface area contributed by atoms with Gasteiger partial charge in [0.05, 0.1) is 22.0 Å². The largest absolute Gasteiger partial charge is 0.456 e. The van der Waals surface area contributed by atoms with Crippen LogP contribution in [0.5, 0.6) is 0 Å². The second kappa shape index (κ2) is 12.8. The molecule has 0 fully saturated rings. The van der Waals surface area contributed by atoms with E-state index < -0.39 is 24.2 Å². The van der Waals surface area contributed by atoms with Gasteiger partial charge < -0.3 is 8.98 Å². The van der Waals surface area contributed by atoms with Crippen LogP contribution in [-0.4, -0.2) is 4.57 Å². The molecule has 2 heterocycles. The Labute approximate surface area is 357 Å². The van der Waals surface area contributed by atoms with Crippen molar-refractivity contribution in [1.82, 2.24) is 4.57 Å². The molecule has 278 valence electrons. The molecule has 13 aromatic rings. The summed E-state index contributed by atoms with van der Waals surface area (Å²) in [5, 5.41) is 8.19. The fourth-order valence-corrected chi connectivity index (χ4v) is 9.68. The fourth-order valence-electron chi connectivity index (χ4n) is 9.68. The van der Waals surface area contributed by atoms with Gasteiger partial charge in [-0.1, -0.05) is 164 Å². The number of benzene rings is 11. The second-order valence-corrected chi connectivity index (χ2v) is 15.4. The van der Waals surface area contributed by atoms with E-state index in [2.05, 4.69) is 77.4 Å². The molecule has 0 aliphatic rings. The minimum Gasteiger partial charge on any atom is -0.456 e. The van der Waals surface area contributed by atoms with Gasteiger partial charge in [-0.2, -0.15) is 0 Å². The minimum atomic E-state index is -0.442. The smallest absolute Gasteiger partial charge is 0.136 e. The highest BCUT2D eigenvalue weighted by Gasteiger charge is 2.21. The highest BCUT2D eigenvalue weighted by atomic mass is 16.3. The van der Waals surface area contributed by atoms with E-state index in [0.717, 1.165) is 70.9 Å². The van der Waals surface area contributed by atoms with Crippen LogP contribution in [0.2, 0.25) is 0 Å². The summed E-state index contributed by atoms with van der Waals surface area (Å²) in [6.07, 6.45) is 0. The topological polar surface area (TPSA) is 18.1 Å². The molecule has 60 heavy (non-hydrogen) atoms. The van der Waals surface area contributed by atoms with Gasteiger partial charge in [0.25, 0.3) is 0 Å². The van der Waals surface area contributed by atoms with Crippen molar-refractivity contribution in [3.8, 4) is 39.1 Å². The molecule has 0 spiro atoms. The number of aromatic nitrogens is 1. The van der Waals surface area contributed by atoms with E-state index in [9.17, 15) is 5.48 Å². The Bertz CT molecular complexity index is 4240. The first-order valence-electron chi connectivity index (χ1n) is 24.0. The molecule has 2 nitrogen and oxygen atoms in total. The highest BCUT2D eigenvalue weighted by Crippen LogP contribution is 2.48. The zero-order valence-corrected chi connectivity index (χ0v) is 31.9. The van der Waals surface area contributed by atoms with Crippen molar-refractivity contribution in [2.24, 2.45) is 0 Å². The highest BCUT2D eigenvalue weighted by molar-refractivity contribution is 6.25. The molecular formula is C58H35NO. The summed E-state index contributed by atoms with van der Waals surface area (Å²) in [4.78, 5) is 0. The predicted molar refractivity (Wildman–Crippen MR) is 254 cm³/mol. The molecule has 0 N–H and O–H groups in total. The quantitative estimate of drug-likeness (QED) is 0.163. The summed E-state index contributed by atoms with van der Waals surface area (Å²) in [5.41, 5.74) is 7.96. The molecule has 0 aliphatic heterocycles. The lowest BCUT2D eigenvalue weighted by atomic mass is 9.83. The third kappa shape index (κ3) is 4.76. The lowest BCUT2D eigenvalue weighted by molar-refractivity contribution is 0.669. The van der Waals surface area contributed by atoms with E-state index in [-0.39, 0.29) is 45.7 Å². The van der Waals surface area contributed by atoms with Gasteiger partial charge in [0, 0.05) is 27.2 Å². The summed E-state index contributed by atoms with van der Waals surface area (Å²) in [5.74, 6) is 0. The van der Waals surface area contributed by atoms with Gasteiger partial charge in [-0.05, 0) is 125 Å². The van der Waals surface area contributed by atoms with Crippen LogP contribution in [0.3, 0.4) is 0 Å². The van der Waals surface area contributed by atoms with E-state index in [0.29, 0.717) is 33.4 Å². The minimum absolute atomic E-state index is 0.167. The molecule has 0 unspecified atom stereocenters. The molecule has 0 bridgehead atoms. The van der Waals surface area contributed by atoms with Crippen molar-refractivity contribution in [2.75, 3.05) is 0 Å². The van der Waals surface area contributed by atoms with Crippen molar-refractivity contribution >= 4 is 86.8 Å². The van der Waals surface area contributed by atoms with Crippen molar-refractivity contribution in [1.29, 1.82) is 0 Å². The number of rotatable bonds is 4. The van der Waals surface area contributed by atoms with Crippen LogP contribution in [0.1, 0.15) is 11.0 Å². The Balaban J connectivity index is 1.17. The fraction of sp³-hybridized carbons (Fsp3) is 0. The van der Waals surface area contributed by atoms with E-state index in [1.165, 1.54) is 0 Å². The molecule has 11 aromatic carbocycles. The van der Waals surface area contributed by atoms with Gasteiger partial charge >= 0.3 is 0 Å². The number of nitrogens with zero attached hydrogens (tertiary/aromatic N) is 1. The van der Waals surface area contributed by atoms with Crippen LogP contribution < -0.4 is 0 Å². The van der Waals surface area contributed by atoms with Gasteiger partial charge in [-0.25, -0.2) is 0 Å². The number of hydrogen-bond donors (Lipinski definition) is 0. The normalized spacial score (nSPS) is 13.9. The molecule has 0 aliphatic carbocycles. The molecule has 0 saturated heterocycles. The first kappa shape index (κ1) is 26.1.